The third-order valence-electron chi connectivity index (χ3n) is 2.44. The van der Waals surface area contributed by atoms with E-state index in [2.05, 4.69) is 14.2 Å². The molecule has 2 aromatic rings. The van der Waals surface area contributed by atoms with Crippen LogP contribution in [0.15, 0.2) is 45.9 Å². The number of nitrogens with zero attached hydrogens (tertiary/aromatic N) is 3. The zero-order chi connectivity index (χ0) is 15.7. The van der Waals surface area contributed by atoms with E-state index in [0.29, 0.717) is 11.4 Å². The number of hydrogen-bond acceptors (Lipinski definition) is 5. The summed E-state index contributed by atoms with van der Waals surface area (Å²) in [6, 6.07) is 6.34. The summed E-state index contributed by atoms with van der Waals surface area (Å²) in [5.41, 5.74) is 0.936. The minimum atomic E-state index is -3.66. The van der Waals surface area contributed by atoms with E-state index in [1.807, 2.05) is 0 Å². The van der Waals surface area contributed by atoms with E-state index >= 15 is 0 Å². The summed E-state index contributed by atoms with van der Waals surface area (Å²) in [5, 5.41) is 3.83. The first-order valence-electron chi connectivity index (χ1n) is 5.94. The Morgan fingerprint density at radius 1 is 1.14 bits per heavy atom. The highest BCUT2D eigenvalue weighted by atomic mass is 32.2. The molecule has 0 fully saturated rings. The van der Waals surface area contributed by atoms with E-state index in [1.54, 1.807) is 31.3 Å². The maximum atomic E-state index is 12.1. The molecule has 1 N–H and O–H groups in total. The highest BCUT2D eigenvalue weighted by Crippen LogP contribution is 2.20. The SMILES string of the molecule is Cn1cc(S(=O)(=O)Nc2ccc(N=S(C)(C)=O)cc2)cn1. The van der Waals surface area contributed by atoms with Gasteiger partial charge in [-0.1, -0.05) is 0 Å². The van der Waals surface area contributed by atoms with Gasteiger partial charge in [-0.3, -0.25) is 9.40 Å². The minimum Gasteiger partial charge on any atom is -0.280 e. The summed E-state index contributed by atoms with van der Waals surface area (Å²) in [4.78, 5) is 0.0869. The molecule has 2 rings (SSSR count). The van der Waals surface area contributed by atoms with Crippen molar-refractivity contribution in [2.24, 2.45) is 11.4 Å². The van der Waals surface area contributed by atoms with E-state index in [4.69, 9.17) is 0 Å². The monoisotopic (exact) mass is 328 g/mol. The van der Waals surface area contributed by atoms with Crippen LogP contribution in [0, 0.1) is 0 Å². The highest BCUT2D eigenvalue weighted by Gasteiger charge is 2.15. The smallest absolute Gasteiger partial charge is 0.265 e. The molecule has 0 aliphatic carbocycles. The van der Waals surface area contributed by atoms with Gasteiger partial charge in [0.25, 0.3) is 10.0 Å². The number of rotatable bonds is 4. The Hall–Kier alpha value is -1.87. The fourth-order valence-corrected chi connectivity index (χ4v) is 3.27. The zero-order valence-corrected chi connectivity index (χ0v) is 13.5. The Kier molecular flexibility index (Phi) is 4.06. The van der Waals surface area contributed by atoms with Gasteiger partial charge in [0, 0.05) is 41.2 Å². The molecule has 0 unspecified atom stereocenters. The molecule has 0 aliphatic heterocycles. The predicted octanol–water partition coefficient (Wildman–Crippen LogP) is 1.58. The number of anilines is 1. The van der Waals surface area contributed by atoms with Gasteiger partial charge in [-0.2, -0.15) is 9.46 Å². The molecule has 9 heteroatoms. The molecular formula is C12H16N4O3S2. The molecule has 0 saturated heterocycles. The van der Waals surface area contributed by atoms with Crippen molar-refractivity contribution in [2.45, 2.75) is 4.90 Å². The summed E-state index contributed by atoms with van der Waals surface area (Å²) in [6.45, 7) is 0. The first-order chi connectivity index (χ1) is 9.66. The number of sulfonamides is 1. The van der Waals surface area contributed by atoms with Crippen molar-refractivity contribution in [2.75, 3.05) is 17.2 Å². The van der Waals surface area contributed by atoms with Crippen LogP contribution in [-0.4, -0.2) is 34.9 Å². The molecule has 0 bridgehead atoms. The topological polar surface area (TPSA) is 93.4 Å². The Bertz CT molecular complexity index is 852. The van der Waals surface area contributed by atoms with Crippen LogP contribution in [0.1, 0.15) is 0 Å². The first kappa shape index (κ1) is 15.5. The lowest BCUT2D eigenvalue weighted by molar-refractivity contribution is 0.601. The second-order valence-corrected chi connectivity index (χ2v) is 9.00. The minimum absolute atomic E-state index is 0.0869. The number of nitrogens with one attached hydrogen (secondary N) is 1. The quantitative estimate of drug-likeness (QED) is 0.922. The van der Waals surface area contributed by atoms with Crippen molar-refractivity contribution in [3.8, 4) is 0 Å². The van der Waals surface area contributed by atoms with Crippen LogP contribution >= 0.6 is 0 Å². The van der Waals surface area contributed by atoms with Gasteiger partial charge >= 0.3 is 0 Å². The Balaban J connectivity index is 2.23. The summed E-state index contributed by atoms with van der Waals surface area (Å²) in [5.74, 6) is 0. The molecule has 1 heterocycles. The van der Waals surface area contributed by atoms with Gasteiger partial charge in [-0.25, -0.2) is 12.6 Å². The molecule has 1 aromatic carbocycles. The van der Waals surface area contributed by atoms with Crippen LogP contribution in [0.4, 0.5) is 11.4 Å². The average Bonchev–Trinajstić information content (AvgIpc) is 2.77. The molecule has 21 heavy (non-hydrogen) atoms. The second kappa shape index (κ2) is 5.49. The predicted molar refractivity (Wildman–Crippen MR) is 82.5 cm³/mol. The van der Waals surface area contributed by atoms with Crippen LogP contribution in [0.3, 0.4) is 0 Å². The van der Waals surface area contributed by atoms with Crippen molar-refractivity contribution in [1.29, 1.82) is 0 Å². The average molecular weight is 328 g/mol. The Morgan fingerprint density at radius 2 is 1.76 bits per heavy atom. The molecule has 0 atom stereocenters. The van der Waals surface area contributed by atoms with E-state index < -0.39 is 19.8 Å². The lowest BCUT2D eigenvalue weighted by Crippen LogP contribution is -2.12. The third kappa shape index (κ3) is 4.30. The summed E-state index contributed by atoms with van der Waals surface area (Å²) < 4.78 is 43.6. The zero-order valence-electron chi connectivity index (χ0n) is 11.8. The molecule has 0 saturated carbocycles. The molecule has 0 amide bonds. The van der Waals surface area contributed by atoms with Crippen molar-refractivity contribution in [1.82, 2.24) is 9.78 Å². The molecule has 0 spiro atoms. The van der Waals surface area contributed by atoms with Gasteiger partial charge in [-0.05, 0) is 24.3 Å². The fourth-order valence-electron chi connectivity index (χ4n) is 1.60. The van der Waals surface area contributed by atoms with E-state index in [0.717, 1.165) is 0 Å². The molecule has 1 aromatic heterocycles. The highest BCUT2D eigenvalue weighted by molar-refractivity contribution is 7.92. The number of benzene rings is 1. The van der Waals surface area contributed by atoms with Gasteiger partial charge in [-0.15, -0.1) is 0 Å². The van der Waals surface area contributed by atoms with E-state index in [1.165, 1.54) is 29.6 Å². The largest absolute Gasteiger partial charge is 0.280 e. The van der Waals surface area contributed by atoms with Crippen molar-refractivity contribution < 1.29 is 12.6 Å². The maximum absolute atomic E-state index is 12.1. The van der Waals surface area contributed by atoms with E-state index in [9.17, 15) is 12.6 Å². The first-order valence-corrected chi connectivity index (χ1v) is 9.76. The molecular weight excluding hydrogens is 312 g/mol. The maximum Gasteiger partial charge on any atom is 0.265 e. The Morgan fingerprint density at radius 3 is 2.24 bits per heavy atom. The fraction of sp³-hybridized carbons (Fsp3) is 0.250. The summed E-state index contributed by atoms with van der Waals surface area (Å²) in [7, 11) is -4.26. The van der Waals surface area contributed by atoms with Crippen molar-refractivity contribution >= 4 is 31.1 Å². The number of aromatic nitrogens is 2. The Labute approximate surface area is 124 Å². The molecule has 0 aliphatic rings. The second-order valence-electron chi connectivity index (χ2n) is 4.77. The van der Waals surface area contributed by atoms with Crippen LogP contribution in [0.2, 0.25) is 0 Å². The van der Waals surface area contributed by atoms with E-state index in [-0.39, 0.29) is 4.90 Å². The van der Waals surface area contributed by atoms with Crippen LogP contribution < -0.4 is 4.72 Å². The normalized spacial score (nSPS) is 12.1. The third-order valence-corrected chi connectivity index (χ3v) is 4.42. The van der Waals surface area contributed by atoms with Crippen molar-refractivity contribution in [3.05, 3.63) is 36.7 Å². The van der Waals surface area contributed by atoms with Crippen LogP contribution in [0.5, 0.6) is 0 Å². The molecule has 7 nitrogen and oxygen atoms in total. The lowest BCUT2D eigenvalue weighted by Gasteiger charge is -2.06. The number of aryl methyl sites for hydroxylation is 1. The van der Waals surface area contributed by atoms with Crippen LogP contribution in [0.25, 0.3) is 0 Å². The summed E-state index contributed by atoms with van der Waals surface area (Å²) >= 11 is 0. The molecule has 114 valence electrons. The molecule has 0 radical (unpaired) electrons. The van der Waals surface area contributed by atoms with Gasteiger partial charge in [0.1, 0.15) is 4.90 Å². The van der Waals surface area contributed by atoms with Gasteiger partial charge in [0.15, 0.2) is 0 Å². The van der Waals surface area contributed by atoms with Crippen molar-refractivity contribution in [3.63, 3.8) is 0 Å². The summed E-state index contributed by atoms with van der Waals surface area (Å²) in [6.07, 6.45) is 5.75. The lowest BCUT2D eigenvalue weighted by atomic mass is 10.3. The van der Waals surface area contributed by atoms with Gasteiger partial charge in [0.05, 0.1) is 11.9 Å². The number of hydrogen-bond donors (Lipinski definition) is 1. The van der Waals surface area contributed by atoms with Gasteiger partial charge in [0.2, 0.25) is 0 Å². The van der Waals surface area contributed by atoms with Gasteiger partial charge < -0.3 is 0 Å². The standard InChI is InChI=1S/C12H16N4O3S2/c1-16-9-12(8-13-16)21(18,19)15-11-6-4-10(5-7-11)14-20(2,3)17/h4-9,15H,1-3H3. The van der Waals surface area contributed by atoms with Crippen LogP contribution in [-0.2, 0) is 26.8 Å².